The number of carbonyl (C=O) groups excluding carboxylic acids is 4. The lowest BCUT2D eigenvalue weighted by atomic mass is 10.0. The molecule has 2 amide bonds. The van der Waals surface area contributed by atoms with E-state index in [4.69, 9.17) is 9.47 Å². The summed E-state index contributed by atoms with van der Waals surface area (Å²) < 4.78 is 24.3. The number of nitrogens with zero attached hydrogens (tertiary/aromatic N) is 2. The fourth-order valence-electron chi connectivity index (χ4n) is 4.04. The molecule has 0 aliphatic carbocycles. The highest BCUT2D eigenvalue weighted by Gasteiger charge is 2.36. The van der Waals surface area contributed by atoms with Crippen molar-refractivity contribution in [3.05, 3.63) is 65.1 Å². The van der Waals surface area contributed by atoms with Crippen molar-refractivity contribution >= 4 is 35.3 Å². The molecule has 0 fully saturated rings. The maximum atomic E-state index is 13.4. The Labute approximate surface area is 205 Å². The molecule has 0 spiro atoms. The minimum atomic E-state index is -0.927. The number of aromatic nitrogens is 2. The van der Waals surface area contributed by atoms with Crippen LogP contribution in [0.3, 0.4) is 0 Å². The quantitative estimate of drug-likeness (QED) is 0.482. The molecule has 1 atom stereocenters. The number of halogens is 1. The van der Waals surface area contributed by atoms with E-state index < -0.39 is 29.8 Å². The number of benzene rings is 2. The molecule has 2 aromatic carbocycles. The molecule has 0 saturated heterocycles. The van der Waals surface area contributed by atoms with Gasteiger partial charge in [-0.15, -0.1) is 0 Å². The fraction of sp³-hybridized carbons (Fsp3) is 0.240. The van der Waals surface area contributed by atoms with Crippen molar-refractivity contribution in [1.29, 1.82) is 0 Å². The molecule has 1 aliphatic heterocycles. The third kappa shape index (κ3) is 4.67. The van der Waals surface area contributed by atoms with Crippen LogP contribution in [-0.2, 0) is 25.5 Å². The maximum Gasteiger partial charge on any atom is 0.337 e. The van der Waals surface area contributed by atoms with Gasteiger partial charge in [0.1, 0.15) is 17.7 Å². The predicted octanol–water partition coefficient (Wildman–Crippen LogP) is 3.35. The van der Waals surface area contributed by atoms with Gasteiger partial charge in [-0.25, -0.2) is 18.7 Å². The van der Waals surface area contributed by atoms with Gasteiger partial charge in [-0.05, 0) is 42.3 Å². The standard InChI is InChI=1S/C25H23FN4O6/c1-4-18-21(13-5-7-16(26)8-6-13)22-28-23(32)19(30(22)29-18)12-20(31)27-17-10-14(24(33)35-2)9-15(11-17)25(34)36-3/h5-11,19H,4,12H2,1-3H3,(H,27,31)(H,28,32). The molecular formula is C25H23FN4O6. The predicted molar refractivity (Wildman–Crippen MR) is 127 cm³/mol. The van der Waals surface area contributed by atoms with Crippen LogP contribution in [0.1, 0.15) is 45.8 Å². The summed E-state index contributed by atoms with van der Waals surface area (Å²) >= 11 is 0. The Balaban J connectivity index is 1.60. The van der Waals surface area contributed by atoms with Gasteiger partial charge in [-0.3, -0.25) is 9.59 Å². The van der Waals surface area contributed by atoms with Gasteiger partial charge >= 0.3 is 11.9 Å². The van der Waals surface area contributed by atoms with Crippen molar-refractivity contribution in [3.63, 3.8) is 0 Å². The normalized spacial score (nSPS) is 14.1. The third-order valence-electron chi connectivity index (χ3n) is 5.73. The zero-order valence-electron chi connectivity index (χ0n) is 19.8. The molecule has 2 N–H and O–H groups in total. The summed E-state index contributed by atoms with van der Waals surface area (Å²) in [6.07, 6.45) is 0.292. The summed E-state index contributed by atoms with van der Waals surface area (Å²) in [7, 11) is 2.38. The van der Waals surface area contributed by atoms with Gasteiger partial charge in [0, 0.05) is 11.3 Å². The Bertz CT molecular complexity index is 1330. The highest BCUT2D eigenvalue weighted by atomic mass is 19.1. The van der Waals surface area contributed by atoms with Gasteiger partial charge < -0.3 is 20.1 Å². The molecule has 2 heterocycles. The number of carbonyl (C=O) groups is 4. The highest BCUT2D eigenvalue weighted by Crippen LogP contribution is 2.39. The number of anilines is 2. The monoisotopic (exact) mass is 494 g/mol. The van der Waals surface area contributed by atoms with Crippen LogP contribution in [0.25, 0.3) is 11.1 Å². The molecule has 3 aromatic rings. The second-order valence-corrected chi connectivity index (χ2v) is 8.01. The number of methoxy groups -OCH3 is 2. The summed E-state index contributed by atoms with van der Waals surface area (Å²) in [6.45, 7) is 1.90. The van der Waals surface area contributed by atoms with Crippen LogP contribution >= 0.6 is 0 Å². The van der Waals surface area contributed by atoms with Gasteiger partial charge in [0.15, 0.2) is 0 Å². The van der Waals surface area contributed by atoms with E-state index in [2.05, 4.69) is 15.7 Å². The molecule has 1 unspecified atom stereocenters. The van der Waals surface area contributed by atoms with Crippen molar-refractivity contribution < 1.29 is 33.0 Å². The Morgan fingerprint density at radius 1 is 1.06 bits per heavy atom. The molecule has 36 heavy (non-hydrogen) atoms. The lowest BCUT2D eigenvalue weighted by molar-refractivity contribution is -0.123. The Morgan fingerprint density at radius 3 is 2.22 bits per heavy atom. The third-order valence-corrected chi connectivity index (χ3v) is 5.73. The number of amides is 2. The van der Waals surface area contributed by atoms with E-state index in [0.717, 1.165) is 0 Å². The average Bonchev–Trinajstić information content (AvgIpc) is 3.38. The number of hydrogen-bond acceptors (Lipinski definition) is 7. The second-order valence-electron chi connectivity index (χ2n) is 8.01. The number of fused-ring (bicyclic) bond motifs is 1. The molecule has 10 nitrogen and oxygen atoms in total. The molecule has 0 radical (unpaired) electrons. The summed E-state index contributed by atoms with van der Waals surface area (Å²) in [5, 5.41) is 9.93. The maximum absolute atomic E-state index is 13.4. The average molecular weight is 494 g/mol. The smallest absolute Gasteiger partial charge is 0.337 e. The fourth-order valence-corrected chi connectivity index (χ4v) is 4.04. The van der Waals surface area contributed by atoms with Crippen LogP contribution in [0.4, 0.5) is 15.9 Å². The minimum absolute atomic E-state index is 0.0419. The number of hydrogen-bond donors (Lipinski definition) is 2. The first-order valence-electron chi connectivity index (χ1n) is 11.1. The first-order valence-corrected chi connectivity index (χ1v) is 11.1. The van der Waals surface area contributed by atoms with Crippen molar-refractivity contribution in [2.24, 2.45) is 0 Å². The van der Waals surface area contributed by atoms with Gasteiger partial charge in [0.2, 0.25) is 5.91 Å². The summed E-state index contributed by atoms with van der Waals surface area (Å²) in [5.74, 6) is -2.32. The Morgan fingerprint density at radius 2 is 1.67 bits per heavy atom. The topological polar surface area (TPSA) is 129 Å². The van der Waals surface area contributed by atoms with E-state index in [1.807, 2.05) is 6.92 Å². The lowest BCUT2D eigenvalue weighted by Crippen LogP contribution is -2.24. The van der Waals surface area contributed by atoms with E-state index in [1.165, 1.54) is 49.2 Å². The summed E-state index contributed by atoms with van der Waals surface area (Å²) in [4.78, 5) is 49.6. The Hall–Kier alpha value is -4.54. The molecule has 1 aliphatic rings. The molecular weight excluding hydrogens is 471 g/mol. The van der Waals surface area contributed by atoms with E-state index in [0.29, 0.717) is 29.1 Å². The van der Waals surface area contributed by atoms with Crippen molar-refractivity contribution in [1.82, 2.24) is 9.78 Å². The van der Waals surface area contributed by atoms with Crippen LogP contribution in [0.15, 0.2) is 42.5 Å². The van der Waals surface area contributed by atoms with Gasteiger partial charge in [-0.1, -0.05) is 19.1 Å². The zero-order chi connectivity index (χ0) is 26.0. The van der Waals surface area contributed by atoms with Gasteiger partial charge in [0.05, 0.1) is 37.5 Å². The molecule has 1 aromatic heterocycles. The highest BCUT2D eigenvalue weighted by molar-refractivity contribution is 6.05. The van der Waals surface area contributed by atoms with Crippen molar-refractivity contribution in [2.75, 3.05) is 24.9 Å². The molecule has 186 valence electrons. The van der Waals surface area contributed by atoms with Gasteiger partial charge in [-0.2, -0.15) is 5.10 Å². The SMILES string of the molecule is CCc1nn2c(c1-c1ccc(F)cc1)NC(=O)C2CC(=O)Nc1cc(C(=O)OC)cc(C(=O)OC)c1. The lowest BCUT2D eigenvalue weighted by Gasteiger charge is -2.12. The summed E-state index contributed by atoms with van der Waals surface area (Å²) in [5.41, 5.74) is 2.29. The number of nitrogens with one attached hydrogen (secondary N) is 2. The van der Waals surface area contributed by atoms with E-state index >= 15 is 0 Å². The first kappa shape index (κ1) is 24.6. The van der Waals surface area contributed by atoms with E-state index in [9.17, 15) is 23.6 Å². The molecule has 4 rings (SSSR count). The second kappa shape index (κ2) is 9.98. The van der Waals surface area contributed by atoms with Crippen LogP contribution < -0.4 is 10.6 Å². The van der Waals surface area contributed by atoms with E-state index in [-0.39, 0.29) is 29.1 Å². The van der Waals surface area contributed by atoms with Crippen LogP contribution in [0, 0.1) is 5.82 Å². The number of ether oxygens (including phenoxy) is 2. The van der Waals surface area contributed by atoms with Crippen molar-refractivity contribution in [2.45, 2.75) is 25.8 Å². The molecule has 0 saturated carbocycles. The van der Waals surface area contributed by atoms with Crippen LogP contribution in [-0.4, -0.2) is 47.8 Å². The first-order chi connectivity index (χ1) is 17.2. The minimum Gasteiger partial charge on any atom is -0.465 e. The summed E-state index contributed by atoms with van der Waals surface area (Å²) in [6, 6.07) is 8.92. The number of rotatable bonds is 7. The van der Waals surface area contributed by atoms with Crippen molar-refractivity contribution in [3.8, 4) is 11.1 Å². The zero-order valence-corrected chi connectivity index (χ0v) is 19.8. The molecule has 0 bridgehead atoms. The largest absolute Gasteiger partial charge is 0.465 e. The number of aryl methyl sites for hydroxylation is 1. The number of esters is 2. The Kier molecular flexibility index (Phi) is 6.82. The van der Waals surface area contributed by atoms with E-state index in [1.54, 1.807) is 12.1 Å². The van der Waals surface area contributed by atoms with Crippen LogP contribution in [0.5, 0.6) is 0 Å². The molecule has 11 heteroatoms. The van der Waals surface area contributed by atoms with Gasteiger partial charge in [0.25, 0.3) is 5.91 Å². The van der Waals surface area contributed by atoms with Crippen LogP contribution in [0.2, 0.25) is 0 Å².